The van der Waals surface area contributed by atoms with Crippen LogP contribution < -0.4 is 4.74 Å². The number of hydrogen-bond acceptors (Lipinski definition) is 5. The van der Waals surface area contributed by atoms with Crippen LogP contribution >= 0.6 is 0 Å². The van der Waals surface area contributed by atoms with E-state index >= 15 is 0 Å². The summed E-state index contributed by atoms with van der Waals surface area (Å²) in [6.45, 7) is 4.79. The number of methoxy groups -OCH3 is 1. The maximum atomic E-state index is 13.5. The molecule has 1 fully saturated rings. The van der Waals surface area contributed by atoms with E-state index in [0.29, 0.717) is 28.1 Å². The molecule has 0 aliphatic carbocycles. The molecule has 0 bridgehead atoms. The molecule has 6 heteroatoms. The Bertz CT molecular complexity index is 994. The second-order valence-corrected chi connectivity index (χ2v) is 7.29. The van der Waals surface area contributed by atoms with Crippen molar-refractivity contribution < 1.29 is 14.1 Å². The third-order valence-corrected chi connectivity index (χ3v) is 5.59. The molecule has 2 aromatic heterocycles. The van der Waals surface area contributed by atoms with E-state index in [0.717, 1.165) is 37.1 Å². The first-order valence-electron chi connectivity index (χ1n) is 9.84. The Hall–Kier alpha value is -2.89. The van der Waals surface area contributed by atoms with Crippen molar-refractivity contribution in [2.45, 2.75) is 45.6 Å². The Morgan fingerprint density at radius 1 is 1.29 bits per heavy atom. The minimum absolute atomic E-state index is 0.0417. The van der Waals surface area contributed by atoms with E-state index in [9.17, 15) is 4.79 Å². The van der Waals surface area contributed by atoms with Gasteiger partial charge in [0, 0.05) is 18.2 Å². The summed E-state index contributed by atoms with van der Waals surface area (Å²) in [6.07, 6.45) is 4.25. The number of ether oxygens (including phenoxy) is 1. The van der Waals surface area contributed by atoms with Gasteiger partial charge in [-0.15, -0.1) is 0 Å². The fourth-order valence-corrected chi connectivity index (χ4v) is 4.02. The number of nitrogens with zero attached hydrogens (tertiary/aromatic N) is 3. The van der Waals surface area contributed by atoms with Gasteiger partial charge in [0.25, 0.3) is 11.6 Å². The van der Waals surface area contributed by atoms with Crippen molar-refractivity contribution in [2.24, 2.45) is 0 Å². The predicted molar refractivity (Wildman–Crippen MR) is 107 cm³/mol. The van der Waals surface area contributed by atoms with E-state index in [4.69, 9.17) is 9.26 Å². The van der Waals surface area contributed by atoms with Crippen molar-refractivity contribution in [3.63, 3.8) is 0 Å². The van der Waals surface area contributed by atoms with Crippen molar-refractivity contribution >= 4 is 17.0 Å². The number of piperidine rings is 1. The van der Waals surface area contributed by atoms with Crippen molar-refractivity contribution in [3.8, 4) is 17.0 Å². The smallest absolute Gasteiger partial charge is 0.259 e. The van der Waals surface area contributed by atoms with Gasteiger partial charge < -0.3 is 14.2 Å². The van der Waals surface area contributed by atoms with Crippen LogP contribution in [-0.2, 0) is 0 Å². The first-order chi connectivity index (χ1) is 13.6. The number of rotatable bonds is 4. The molecule has 1 atom stereocenters. The minimum atomic E-state index is 0.0417. The van der Waals surface area contributed by atoms with Crippen LogP contribution in [0.4, 0.5) is 0 Å². The second-order valence-electron chi connectivity index (χ2n) is 7.29. The molecule has 4 rings (SSSR count). The highest BCUT2D eigenvalue weighted by Crippen LogP contribution is 2.30. The Morgan fingerprint density at radius 2 is 2.07 bits per heavy atom. The second kappa shape index (κ2) is 7.62. The summed E-state index contributed by atoms with van der Waals surface area (Å²) in [6, 6.07) is 9.78. The van der Waals surface area contributed by atoms with E-state index in [2.05, 4.69) is 17.1 Å². The fraction of sp³-hybridized carbons (Fsp3) is 0.409. The summed E-state index contributed by atoms with van der Waals surface area (Å²) in [7, 11) is 1.64. The van der Waals surface area contributed by atoms with Gasteiger partial charge in [-0.2, -0.15) is 0 Å². The Balaban J connectivity index is 1.81. The van der Waals surface area contributed by atoms with Gasteiger partial charge in [-0.25, -0.2) is 4.98 Å². The van der Waals surface area contributed by atoms with Gasteiger partial charge in [-0.1, -0.05) is 12.1 Å². The number of carbonyl (C=O) groups excluding carboxylic acids is 1. The highest BCUT2D eigenvalue weighted by Gasteiger charge is 2.29. The lowest BCUT2D eigenvalue weighted by Gasteiger charge is -2.35. The molecule has 1 aromatic carbocycles. The highest BCUT2D eigenvalue weighted by atomic mass is 16.5. The number of pyridine rings is 1. The molecular weight excluding hydrogens is 354 g/mol. The Kier molecular flexibility index (Phi) is 5.03. The van der Waals surface area contributed by atoms with Gasteiger partial charge in [0.05, 0.1) is 29.4 Å². The minimum Gasteiger partial charge on any atom is -0.497 e. The average Bonchev–Trinajstić information content (AvgIpc) is 3.13. The number of aromatic nitrogens is 2. The fourth-order valence-electron chi connectivity index (χ4n) is 4.02. The normalized spacial score (nSPS) is 17.1. The number of benzene rings is 1. The summed E-state index contributed by atoms with van der Waals surface area (Å²) in [5, 5.41) is 4.77. The van der Waals surface area contributed by atoms with Crippen LogP contribution in [0, 0.1) is 6.92 Å². The van der Waals surface area contributed by atoms with Crippen LogP contribution in [-0.4, -0.2) is 40.6 Å². The van der Waals surface area contributed by atoms with Crippen LogP contribution in [0.25, 0.3) is 22.4 Å². The zero-order valence-corrected chi connectivity index (χ0v) is 16.6. The summed E-state index contributed by atoms with van der Waals surface area (Å²) in [5.74, 6) is 0.816. The zero-order chi connectivity index (χ0) is 19.7. The first kappa shape index (κ1) is 18.5. The monoisotopic (exact) mass is 379 g/mol. The third-order valence-electron chi connectivity index (χ3n) is 5.59. The molecule has 0 radical (unpaired) electrons. The lowest BCUT2D eigenvalue weighted by atomic mass is 9.97. The SMILES string of the molecule is CC[C@@H]1CCCCN1C(=O)c1cc(-c2ccc(OC)cc2)nc2onc(C)c12. The van der Waals surface area contributed by atoms with Gasteiger partial charge in [-0.05, 0) is 62.9 Å². The molecule has 6 nitrogen and oxygen atoms in total. The van der Waals surface area contributed by atoms with Gasteiger partial charge >= 0.3 is 0 Å². The van der Waals surface area contributed by atoms with Crippen LogP contribution in [0.3, 0.4) is 0 Å². The number of aryl methyl sites for hydroxylation is 1. The quantitative estimate of drug-likeness (QED) is 0.662. The van der Waals surface area contributed by atoms with Crippen LogP contribution in [0.15, 0.2) is 34.9 Å². The summed E-state index contributed by atoms with van der Waals surface area (Å²) >= 11 is 0. The Labute approximate surface area is 164 Å². The van der Waals surface area contributed by atoms with Crippen molar-refractivity contribution in [1.82, 2.24) is 15.0 Å². The summed E-state index contributed by atoms with van der Waals surface area (Å²) in [4.78, 5) is 20.2. The maximum Gasteiger partial charge on any atom is 0.259 e. The molecule has 1 amide bonds. The molecule has 3 heterocycles. The Morgan fingerprint density at radius 3 is 2.79 bits per heavy atom. The van der Waals surface area contributed by atoms with E-state index in [1.165, 1.54) is 6.42 Å². The number of amides is 1. The molecular formula is C22H25N3O3. The molecule has 3 aromatic rings. The zero-order valence-electron chi connectivity index (χ0n) is 16.6. The number of hydrogen-bond donors (Lipinski definition) is 0. The van der Waals surface area contributed by atoms with Crippen molar-refractivity contribution in [2.75, 3.05) is 13.7 Å². The van der Waals surface area contributed by atoms with E-state index in [1.807, 2.05) is 42.2 Å². The van der Waals surface area contributed by atoms with E-state index < -0.39 is 0 Å². The predicted octanol–water partition coefficient (Wildman–Crippen LogP) is 4.61. The van der Waals surface area contributed by atoms with E-state index in [-0.39, 0.29) is 11.9 Å². The van der Waals surface area contributed by atoms with Crippen LogP contribution in [0.5, 0.6) is 5.75 Å². The molecule has 1 saturated heterocycles. The first-order valence-corrected chi connectivity index (χ1v) is 9.84. The summed E-state index contributed by atoms with van der Waals surface area (Å²) in [5.41, 5.74) is 3.31. The molecule has 28 heavy (non-hydrogen) atoms. The number of fused-ring (bicyclic) bond motifs is 1. The molecule has 0 N–H and O–H groups in total. The molecule has 146 valence electrons. The van der Waals surface area contributed by atoms with Crippen LogP contribution in [0.2, 0.25) is 0 Å². The maximum absolute atomic E-state index is 13.5. The average molecular weight is 379 g/mol. The highest BCUT2D eigenvalue weighted by molar-refractivity contribution is 6.07. The largest absolute Gasteiger partial charge is 0.497 e. The van der Waals surface area contributed by atoms with Gasteiger partial charge in [0.1, 0.15) is 5.75 Å². The van der Waals surface area contributed by atoms with Gasteiger partial charge in [-0.3, -0.25) is 4.79 Å². The number of carbonyl (C=O) groups is 1. The van der Waals surface area contributed by atoms with Crippen molar-refractivity contribution in [3.05, 3.63) is 41.6 Å². The van der Waals surface area contributed by atoms with Crippen LogP contribution in [0.1, 0.15) is 48.7 Å². The topological polar surface area (TPSA) is 68.5 Å². The lowest BCUT2D eigenvalue weighted by Crippen LogP contribution is -2.43. The molecule has 0 unspecified atom stereocenters. The molecule has 0 spiro atoms. The third kappa shape index (κ3) is 3.23. The molecule has 0 saturated carbocycles. The standard InChI is InChI=1S/C22H25N3O3/c1-4-16-7-5-6-12-25(16)22(26)18-13-19(15-8-10-17(27-3)11-9-15)23-21-20(18)14(2)24-28-21/h8-11,13,16H,4-7,12H2,1-3H3/t16-/m1/s1. The van der Waals surface area contributed by atoms with E-state index in [1.54, 1.807) is 7.11 Å². The summed E-state index contributed by atoms with van der Waals surface area (Å²) < 4.78 is 10.7. The van der Waals surface area contributed by atoms with Gasteiger partial charge in [0.2, 0.25) is 0 Å². The molecule has 1 aliphatic rings. The molecule has 1 aliphatic heterocycles. The number of likely N-dealkylation sites (tertiary alicyclic amines) is 1. The van der Waals surface area contributed by atoms with Gasteiger partial charge in [0.15, 0.2) is 0 Å². The van der Waals surface area contributed by atoms with Crippen molar-refractivity contribution in [1.29, 1.82) is 0 Å². The lowest BCUT2D eigenvalue weighted by molar-refractivity contribution is 0.0610.